The van der Waals surface area contributed by atoms with Gasteiger partial charge in [-0.15, -0.1) is 11.8 Å². The smallest absolute Gasteiger partial charge is 0.127 e. The molecule has 0 saturated carbocycles. The van der Waals surface area contributed by atoms with E-state index in [9.17, 15) is 4.39 Å². The molecule has 17 heavy (non-hydrogen) atoms. The maximum atomic E-state index is 13.7. The van der Waals surface area contributed by atoms with Crippen LogP contribution in [0, 0.1) is 5.82 Å². The van der Waals surface area contributed by atoms with Gasteiger partial charge >= 0.3 is 0 Å². The van der Waals surface area contributed by atoms with Crippen LogP contribution in [-0.4, -0.2) is 25.5 Å². The van der Waals surface area contributed by atoms with Gasteiger partial charge in [0.2, 0.25) is 0 Å². The normalized spacial score (nSPS) is 12.7. The van der Waals surface area contributed by atoms with Crippen molar-refractivity contribution >= 4 is 11.8 Å². The Morgan fingerprint density at radius 3 is 2.88 bits per heavy atom. The molecule has 1 atom stereocenters. The SMILES string of the molecule is COCCCSc1cccc(F)c1CC(C)N. The second-order valence-corrected chi connectivity index (χ2v) is 5.23. The molecule has 0 heterocycles. The van der Waals surface area contributed by atoms with Gasteiger partial charge in [0.05, 0.1) is 0 Å². The Kier molecular flexibility index (Phi) is 6.55. The molecule has 0 saturated heterocycles. The van der Waals surface area contributed by atoms with Gasteiger partial charge in [0, 0.05) is 36.0 Å². The first-order chi connectivity index (χ1) is 8.15. The van der Waals surface area contributed by atoms with Crippen molar-refractivity contribution in [3.8, 4) is 0 Å². The number of hydrogen-bond acceptors (Lipinski definition) is 3. The largest absolute Gasteiger partial charge is 0.385 e. The van der Waals surface area contributed by atoms with Crippen LogP contribution in [0.1, 0.15) is 18.9 Å². The third-order valence-corrected chi connectivity index (χ3v) is 3.54. The number of nitrogens with two attached hydrogens (primary N) is 1. The van der Waals surface area contributed by atoms with Crippen LogP contribution in [0.25, 0.3) is 0 Å². The third-order valence-electron chi connectivity index (χ3n) is 2.35. The van der Waals surface area contributed by atoms with Crippen LogP contribution < -0.4 is 5.73 Å². The molecule has 0 aliphatic heterocycles. The molecule has 0 amide bonds. The quantitative estimate of drug-likeness (QED) is 0.602. The van der Waals surface area contributed by atoms with E-state index in [-0.39, 0.29) is 11.9 Å². The fraction of sp³-hybridized carbons (Fsp3) is 0.538. The number of halogens is 1. The monoisotopic (exact) mass is 257 g/mol. The summed E-state index contributed by atoms with van der Waals surface area (Å²) in [6.45, 7) is 2.64. The van der Waals surface area contributed by atoms with Crippen molar-refractivity contribution in [3.05, 3.63) is 29.6 Å². The molecule has 96 valence electrons. The average molecular weight is 257 g/mol. The Morgan fingerprint density at radius 2 is 2.24 bits per heavy atom. The summed E-state index contributed by atoms with van der Waals surface area (Å²) in [6.07, 6.45) is 1.55. The van der Waals surface area contributed by atoms with Crippen LogP contribution in [-0.2, 0) is 11.2 Å². The van der Waals surface area contributed by atoms with Gasteiger partial charge in [-0.05, 0) is 31.9 Å². The molecule has 1 aromatic rings. The molecule has 1 aromatic carbocycles. The number of rotatable bonds is 7. The van der Waals surface area contributed by atoms with Gasteiger partial charge in [0.15, 0.2) is 0 Å². The van der Waals surface area contributed by atoms with Crippen LogP contribution in [0.3, 0.4) is 0 Å². The Labute approximate surface area is 107 Å². The standard InChI is InChI=1S/C13H20FNOS/c1-10(15)9-11-12(14)5-3-6-13(11)17-8-4-7-16-2/h3,5-6,10H,4,7-9,15H2,1-2H3. The number of hydrogen-bond donors (Lipinski definition) is 1. The highest BCUT2D eigenvalue weighted by Crippen LogP contribution is 2.26. The molecule has 0 radical (unpaired) electrons. The van der Waals surface area contributed by atoms with E-state index in [2.05, 4.69) is 0 Å². The second-order valence-electron chi connectivity index (χ2n) is 4.09. The molecular weight excluding hydrogens is 237 g/mol. The molecule has 2 nitrogen and oxygen atoms in total. The Morgan fingerprint density at radius 1 is 1.47 bits per heavy atom. The van der Waals surface area contributed by atoms with Gasteiger partial charge in [0.25, 0.3) is 0 Å². The Balaban J connectivity index is 2.66. The second kappa shape index (κ2) is 7.69. The summed E-state index contributed by atoms with van der Waals surface area (Å²) in [7, 11) is 1.69. The van der Waals surface area contributed by atoms with Gasteiger partial charge in [-0.1, -0.05) is 6.07 Å². The molecule has 0 aromatic heterocycles. The van der Waals surface area contributed by atoms with Crippen molar-refractivity contribution in [2.45, 2.75) is 30.7 Å². The molecule has 0 bridgehead atoms. The van der Waals surface area contributed by atoms with E-state index in [1.54, 1.807) is 24.9 Å². The van der Waals surface area contributed by atoms with Crippen molar-refractivity contribution < 1.29 is 9.13 Å². The van der Waals surface area contributed by atoms with Crippen molar-refractivity contribution in [3.63, 3.8) is 0 Å². The van der Waals surface area contributed by atoms with E-state index in [4.69, 9.17) is 10.5 Å². The van der Waals surface area contributed by atoms with E-state index in [0.29, 0.717) is 6.42 Å². The summed E-state index contributed by atoms with van der Waals surface area (Å²) in [5, 5.41) is 0. The van der Waals surface area contributed by atoms with Gasteiger partial charge in [-0.25, -0.2) is 4.39 Å². The summed E-state index contributed by atoms with van der Waals surface area (Å²) >= 11 is 1.67. The van der Waals surface area contributed by atoms with Crippen LogP contribution in [0.15, 0.2) is 23.1 Å². The highest BCUT2D eigenvalue weighted by molar-refractivity contribution is 7.99. The number of thioether (sulfide) groups is 1. The molecule has 0 aliphatic rings. The third kappa shape index (κ3) is 5.06. The Bertz CT molecular complexity index is 344. The lowest BCUT2D eigenvalue weighted by Crippen LogP contribution is -2.19. The highest BCUT2D eigenvalue weighted by atomic mass is 32.2. The predicted molar refractivity (Wildman–Crippen MR) is 71.0 cm³/mol. The molecule has 0 fully saturated rings. The molecule has 2 N–H and O–H groups in total. The molecule has 1 unspecified atom stereocenters. The lowest BCUT2D eigenvalue weighted by atomic mass is 10.1. The van der Waals surface area contributed by atoms with Crippen molar-refractivity contribution in [2.75, 3.05) is 19.5 Å². The predicted octanol–water partition coefficient (Wildman–Crippen LogP) is 2.84. The van der Waals surface area contributed by atoms with Gasteiger partial charge in [-0.3, -0.25) is 0 Å². The lowest BCUT2D eigenvalue weighted by Gasteiger charge is -2.12. The van der Waals surface area contributed by atoms with Crippen molar-refractivity contribution in [1.29, 1.82) is 0 Å². The average Bonchev–Trinajstić information content (AvgIpc) is 2.28. The van der Waals surface area contributed by atoms with Crippen LogP contribution in [0.4, 0.5) is 4.39 Å². The summed E-state index contributed by atoms with van der Waals surface area (Å²) in [6, 6.07) is 5.18. The van der Waals surface area contributed by atoms with E-state index in [1.807, 2.05) is 13.0 Å². The first-order valence-corrected chi connectivity index (χ1v) is 6.78. The maximum absolute atomic E-state index is 13.7. The summed E-state index contributed by atoms with van der Waals surface area (Å²) in [4.78, 5) is 0.999. The first kappa shape index (κ1) is 14.5. The van der Waals surface area contributed by atoms with E-state index in [0.717, 1.165) is 29.2 Å². The van der Waals surface area contributed by atoms with Gasteiger partial charge in [-0.2, -0.15) is 0 Å². The van der Waals surface area contributed by atoms with Crippen LogP contribution in [0.2, 0.25) is 0 Å². The summed E-state index contributed by atoms with van der Waals surface area (Å²) in [5.41, 5.74) is 6.48. The number of methoxy groups -OCH3 is 1. The molecular formula is C13H20FNOS. The van der Waals surface area contributed by atoms with Gasteiger partial charge < -0.3 is 10.5 Å². The van der Waals surface area contributed by atoms with E-state index in [1.165, 1.54) is 6.07 Å². The topological polar surface area (TPSA) is 35.2 Å². The van der Waals surface area contributed by atoms with E-state index < -0.39 is 0 Å². The zero-order valence-corrected chi connectivity index (χ0v) is 11.2. The summed E-state index contributed by atoms with van der Waals surface area (Å²) in [5.74, 6) is 0.780. The minimum atomic E-state index is -0.154. The zero-order valence-electron chi connectivity index (χ0n) is 10.4. The van der Waals surface area contributed by atoms with Crippen molar-refractivity contribution in [1.82, 2.24) is 0 Å². The fourth-order valence-corrected chi connectivity index (χ4v) is 2.59. The van der Waals surface area contributed by atoms with E-state index >= 15 is 0 Å². The molecule has 0 aliphatic carbocycles. The lowest BCUT2D eigenvalue weighted by molar-refractivity contribution is 0.200. The zero-order chi connectivity index (χ0) is 12.7. The molecule has 0 spiro atoms. The Hall–Kier alpha value is -0.580. The van der Waals surface area contributed by atoms with Gasteiger partial charge in [0.1, 0.15) is 5.82 Å². The first-order valence-electron chi connectivity index (χ1n) is 5.80. The minimum absolute atomic E-state index is 0.0229. The number of ether oxygens (including phenoxy) is 1. The summed E-state index contributed by atoms with van der Waals surface area (Å²) < 4.78 is 18.7. The van der Waals surface area contributed by atoms with Crippen molar-refractivity contribution in [2.24, 2.45) is 5.73 Å². The minimum Gasteiger partial charge on any atom is -0.385 e. The van der Waals surface area contributed by atoms with Crippen LogP contribution >= 0.6 is 11.8 Å². The maximum Gasteiger partial charge on any atom is 0.127 e. The van der Waals surface area contributed by atoms with Crippen LogP contribution in [0.5, 0.6) is 0 Å². The molecule has 4 heteroatoms. The number of benzene rings is 1. The molecule has 1 rings (SSSR count). The fourth-order valence-electron chi connectivity index (χ4n) is 1.58. The highest BCUT2D eigenvalue weighted by Gasteiger charge is 2.10.